The molecule has 2 spiro atoms. The second-order valence-electron chi connectivity index (χ2n) is 22.1. The Bertz CT molecular complexity index is 1950. The van der Waals surface area contributed by atoms with Gasteiger partial charge in [0.1, 0.15) is 0 Å². The van der Waals surface area contributed by atoms with Crippen LogP contribution in [-0.2, 0) is 61.2 Å². The Balaban J connectivity index is 0.604. The highest BCUT2D eigenvalue weighted by Crippen LogP contribution is 2.62. The minimum absolute atomic E-state index is 0.0955. The maximum absolute atomic E-state index is 13.0. The van der Waals surface area contributed by atoms with Crippen LogP contribution in [0.25, 0.3) is 0 Å². The molecule has 4 bridgehead atoms. The summed E-state index contributed by atoms with van der Waals surface area (Å²) in [5, 5.41) is 6.11. The van der Waals surface area contributed by atoms with E-state index in [9.17, 15) is 9.59 Å². The van der Waals surface area contributed by atoms with Crippen molar-refractivity contribution in [1.29, 1.82) is 0 Å². The van der Waals surface area contributed by atoms with Gasteiger partial charge in [-0.15, -0.1) is 0 Å². The number of amides is 2. The summed E-state index contributed by atoms with van der Waals surface area (Å²) in [4.78, 5) is 52.6. The fourth-order valence-electron chi connectivity index (χ4n) is 13.4. The van der Waals surface area contributed by atoms with Gasteiger partial charge in [-0.2, -0.15) is 0 Å². The molecule has 2 aliphatic carbocycles. The third-order valence-electron chi connectivity index (χ3n) is 17.5. The average Bonchev–Trinajstić information content (AvgIpc) is 3.71. The molecule has 16 atom stereocenters. The molecule has 10 aliphatic rings. The molecule has 0 radical (unpaired) electrons. The van der Waals surface area contributed by atoms with Crippen molar-refractivity contribution >= 4 is 11.8 Å². The minimum Gasteiger partial charge on any atom is -0.352 e. The molecule has 2 amide bonds. The van der Waals surface area contributed by atoms with Crippen LogP contribution < -0.4 is 10.6 Å². The van der Waals surface area contributed by atoms with E-state index in [-0.39, 0.29) is 35.5 Å². The highest BCUT2D eigenvalue weighted by atomic mass is 17.3. The maximum atomic E-state index is 13.0. The number of nitrogens with zero attached hydrogens (tertiary/aromatic N) is 1. The molecule has 10 fully saturated rings. The Morgan fingerprint density at radius 3 is 1.41 bits per heavy atom. The van der Waals surface area contributed by atoms with Gasteiger partial charge in [-0.3, -0.25) is 9.59 Å². The van der Waals surface area contributed by atoms with E-state index in [0.29, 0.717) is 61.1 Å². The molecule has 8 aliphatic heterocycles. The summed E-state index contributed by atoms with van der Waals surface area (Å²) in [6.45, 7) is 16.4. The summed E-state index contributed by atoms with van der Waals surface area (Å²) in [6, 6.07) is 15.1. The van der Waals surface area contributed by atoms with E-state index in [0.717, 1.165) is 88.4 Å². The molecular weight excluding hydrogens is 871 g/mol. The van der Waals surface area contributed by atoms with Crippen LogP contribution in [0.4, 0.5) is 0 Å². The van der Waals surface area contributed by atoms with Gasteiger partial charge in [0.15, 0.2) is 36.4 Å². The van der Waals surface area contributed by atoms with Gasteiger partial charge in [0.2, 0.25) is 11.6 Å². The molecule has 12 rings (SSSR count). The van der Waals surface area contributed by atoms with Crippen LogP contribution in [0.15, 0.2) is 48.5 Å². The number of benzene rings is 2. The highest BCUT2D eigenvalue weighted by Gasteiger charge is 2.71. The lowest BCUT2D eigenvalue weighted by Crippen LogP contribution is -2.70. The first-order valence-electron chi connectivity index (χ1n) is 25.8. The normalized spacial score (nSPS) is 41.3. The maximum Gasteiger partial charge on any atom is 0.251 e. The van der Waals surface area contributed by atoms with Crippen molar-refractivity contribution in [3.63, 3.8) is 0 Å². The molecule has 15 heteroatoms. The Morgan fingerprint density at radius 2 is 1.00 bits per heavy atom. The molecule has 2 saturated carbocycles. The van der Waals surface area contributed by atoms with Gasteiger partial charge in [-0.05, 0) is 144 Å². The van der Waals surface area contributed by atoms with Gasteiger partial charge in [0.05, 0.1) is 13.2 Å². The van der Waals surface area contributed by atoms with Crippen LogP contribution in [-0.4, -0.2) is 97.9 Å². The number of hydrogen-bond acceptors (Lipinski definition) is 13. The summed E-state index contributed by atoms with van der Waals surface area (Å²) in [5.41, 5.74) is 1.92. The molecule has 374 valence electrons. The van der Waals surface area contributed by atoms with Gasteiger partial charge in [-0.1, -0.05) is 52.0 Å². The lowest BCUT2D eigenvalue weighted by Gasteiger charge is -2.60. The van der Waals surface area contributed by atoms with E-state index < -0.39 is 47.9 Å². The van der Waals surface area contributed by atoms with Crippen molar-refractivity contribution < 1.29 is 57.6 Å². The van der Waals surface area contributed by atoms with E-state index in [4.69, 9.17) is 48.0 Å². The van der Waals surface area contributed by atoms with Crippen molar-refractivity contribution in [3.05, 3.63) is 70.8 Å². The minimum atomic E-state index is -0.822. The molecule has 15 nitrogen and oxygen atoms in total. The summed E-state index contributed by atoms with van der Waals surface area (Å²) in [7, 11) is 2.06. The van der Waals surface area contributed by atoms with Crippen LogP contribution >= 0.6 is 0 Å². The van der Waals surface area contributed by atoms with Crippen molar-refractivity contribution in [2.24, 2.45) is 47.3 Å². The topological polar surface area (TPSA) is 154 Å². The SMILES string of the molecule is C[C@@H]1CCC2[C@@H](C)[C@@H](OCc3ccc(C(=O)NCCCN(C)CCCNC(=O)c4ccc(CO[C@H]5OC6O[C@@]7(C)CCC8[C@H](C)CCC([C@H]5C)[C@@]68OO7)cc4)cc3)OC3O[C@@]4(C)CCC1[C@]32OO4. The third-order valence-corrected chi connectivity index (χ3v) is 17.5. The lowest BCUT2D eigenvalue weighted by atomic mass is 9.58. The largest absolute Gasteiger partial charge is 0.352 e. The molecule has 0 aromatic heterocycles. The predicted octanol–water partition coefficient (Wildman–Crippen LogP) is 8.01. The number of rotatable bonds is 16. The zero-order chi connectivity index (χ0) is 47.4. The third kappa shape index (κ3) is 9.10. The van der Waals surface area contributed by atoms with Gasteiger partial charge >= 0.3 is 0 Å². The van der Waals surface area contributed by atoms with E-state index in [2.05, 4.69) is 50.3 Å². The summed E-state index contributed by atoms with van der Waals surface area (Å²) < 4.78 is 38.9. The quantitative estimate of drug-likeness (QED) is 0.124. The van der Waals surface area contributed by atoms with Crippen molar-refractivity contribution in [3.8, 4) is 0 Å². The number of hydrogen-bond donors (Lipinski definition) is 2. The zero-order valence-corrected chi connectivity index (χ0v) is 41.2. The van der Waals surface area contributed by atoms with E-state index >= 15 is 0 Å². The van der Waals surface area contributed by atoms with Gasteiger partial charge < -0.3 is 44.0 Å². The molecule has 2 N–H and O–H groups in total. The first-order chi connectivity index (χ1) is 32.7. The molecular formula is C53H75N3O12. The first kappa shape index (κ1) is 48.6. The molecule has 8 saturated heterocycles. The van der Waals surface area contributed by atoms with E-state index in [1.807, 2.05) is 62.4 Å². The second-order valence-corrected chi connectivity index (χ2v) is 22.1. The monoisotopic (exact) mass is 946 g/mol. The second kappa shape index (κ2) is 19.5. The number of carbonyl (C=O) groups is 2. The van der Waals surface area contributed by atoms with Crippen molar-refractivity contribution in [2.75, 3.05) is 33.2 Å². The number of fused-ring (bicyclic) bond motifs is 4. The van der Waals surface area contributed by atoms with E-state index in [1.54, 1.807) is 0 Å². The van der Waals surface area contributed by atoms with Crippen LogP contribution in [0.5, 0.6) is 0 Å². The van der Waals surface area contributed by atoms with E-state index in [1.165, 1.54) is 0 Å². The standard InChI is InChI=1S/C53H75N3O12/c1-32-10-20-42-34(3)46(61-48-52(42)40(32)22-24-50(5,63-48)65-67-52)59-30-36-12-16-38(17-13-36)44(57)54-26-8-28-56(7)29-9-27-55-45(58)39-18-14-37(15-19-39)31-60-47-35(4)43-21-11-33(2)41-23-25-51(6)64-49(62-47)53(41,43)68-66-51/h12-19,32-35,40-43,46-49H,8-11,20-31H2,1-7H3,(H,54,57)(H,55,58)/t32-,33-,34-,35-,40?,41?,42?,43?,46+,47+,48?,49?,50-,51-,52-,53-/m1/s1. The van der Waals surface area contributed by atoms with Gasteiger partial charge in [-0.25, -0.2) is 19.6 Å². The highest BCUT2D eigenvalue weighted by molar-refractivity contribution is 5.94. The fourth-order valence-corrected chi connectivity index (χ4v) is 13.4. The zero-order valence-electron chi connectivity index (χ0n) is 41.2. The number of nitrogens with one attached hydrogen (secondary N) is 2. The Hall–Kier alpha value is -3.06. The van der Waals surface area contributed by atoms with Gasteiger partial charge in [0.25, 0.3) is 11.8 Å². The summed E-state index contributed by atoms with van der Waals surface area (Å²) in [6.07, 6.45) is 7.49. The molecule has 2 aromatic rings. The molecule has 68 heavy (non-hydrogen) atoms. The van der Waals surface area contributed by atoms with Crippen LogP contribution in [0.3, 0.4) is 0 Å². The Kier molecular flexibility index (Phi) is 13.9. The predicted molar refractivity (Wildman–Crippen MR) is 248 cm³/mol. The summed E-state index contributed by atoms with van der Waals surface area (Å²) >= 11 is 0. The van der Waals surface area contributed by atoms with Crippen molar-refractivity contribution in [2.45, 2.75) is 167 Å². The smallest absolute Gasteiger partial charge is 0.251 e. The Morgan fingerprint density at radius 1 is 0.588 bits per heavy atom. The molecule has 6 unspecified atom stereocenters. The fraction of sp³-hybridized carbons (Fsp3) is 0.736. The molecule has 8 heterocycles. The van der Waals surface area contributed by atoms with Crippen LogP contribution in [0.2, 0.25) is 0 Å². The van der Waals surface area contributed by atoms with Gasteiger partial charge in [0, 0.05) is 60.7 Å². The van der Waals surface area contributed by atoms with Crippen LogP contribution in [0.1, 0.15) is 138 Å². The molecule has 2 aromatic carbocycles. The first-order valence-corrected chi connectivity index (χ1v) is 25.8. The number of carbonyl (C=O) groups excluding carboxylic acids is 2. The number of ether oxygens (including phenoxy) is 6. The summed E-state index contributed by atoms with van der Waals surface area (Å²) in [5.74, 6) is 0.376. The lowest BCUT2D eigenvalue weighted by molar-refractivity contribution is -0.577. The average molecular weight is 946 g/mol. The Labute approximate surface area is 402 Å². The van der Waals surface area contributed by atoms with Crippen molar-refractivity contribution in [1.82, 2.24) is 15.5 Å². The van der Waals surface area contributed by atoms with Crippen LogP contribution in [0, 0.1) is 47.3 Å².